The second-order valence-corrected chi connectivity index (χ2v) is 7.49. The van der Waals surface area contributed by atoms with Crippen LogP contribution < -0.4 is 4.72 Å². The summed E-state index contributed by atoms with van der Waals surface area (Å²) in [6.07, 6.45) is 0. The van der Waals surface area contributed by atoms with Gasteiger partial charge in [-0.2, -0.15) is 0 Å². The summed E-state index contributed by atoms with van der Waals surface area (Å²) in [7, 11) is -3.71. The van der Waals surface area contributed by atoms with Crippen LogP contribution >= 0.6 is 39.1 Å². The quantitative estimate of drug-likeness (QED) is 0.746. The lowest BCUT2D eigenvalue weighted by atomic mass is 10.1. The van der Waals surface area contributed by atoms with E-state index in [0.29, 0.717) is 10.4 Å². The highest BCUT2D eigenvalue weighted by atomic mass is 79.9. The number of halogens is 3. The van der Waals surface area contributed by atoms with E-state index in [1.54, 1.807) is 6.07 Å². The zero-order valence-electron chi connectivity index (χ0n) is 10.8. The largest absolute Gasteiger partial charge is 0.242 e. The molecular formula is C14H12BrCl2NO2S. The van der Waals surface area contributed by atoms with Gasteiger partial charge in [0, 0.05) is 16.9 Å². The van der Waals surface area contributed by atoms with Crippen LogP contribution in [0.3, 0.4) is 0 Å². The molecule has 21 heavy (non-hydrogen) atoms. The first-order chi connectivity index (χ1) is 9.92. The van der Waals surface area contributed by atoms with Crippen LogP contribution in [0.2, 0.25) is 10.0 Å². The number of alkyl halides is 1. The van der Waals surface area contributed by atoms with Gasteiger partial charge in [0.25, 0.3) is 0 Å². The van der Waals surface area contributed by atoms with E-state index in [1.807, 2.05) is 24.3 Å². The number of sulfonamides is 1. The summed E-state index contributed by atoms with van der Waals surface area (Å²) >= 11 is 15.1. The molecule has 0 bridgehead atoms. The SMILES string of the molecule is O=S(=O)(NCc1cccc(CBr)c1)c1cc(Cl)ccc1Cl. The average molecular weight is 409 g/mol. The van der Waals surface area contributed by atoms with Gasteiger partial charge < -0.3 is 0 Å². The summed E-state index contributed by atoms with van der Waals surface area (Å²) in [5.74, 6) is 0. The van der Waals surface area contributed by atoms with Crippen LogP contribution in [-0.4, -0.2) is 8.42 Å². The fourth-order valence-electron chi connectivity index (χ4n) is 1.76. The van der Waals surface area contributed by atoms with E-state index in [1.165, 1.54) is 12.1 Å². The molecular weight excluding hydrogens is 397 g/mol. The molecule has 0 spiro atoms. The van der Waals surface area contributed by atoms with E-state index in [-0.39, 0.29) is 16.5 Å². The number of hydrogen-bond acceptors (Lipinski definition) is 2. The molecule has 0 amide bonds. The van der Waals surface area contributed by atoms with Gasteiger partial charge >= 0.3 is 0 Å². The molecule has 0 atom stereocenters. The summed E-state index contributed by atoms with van der Waals surface area (Å²) in [6, 6.07) is 12.0. The van der Waals surface area contributed by atoms with Gasteiger partial charge in [0.05, 0.1) is 5.02 Å². The van der Waals surface area contributed by atoms with Gasteiger partial charge in [-0.25, -0.2) is 13.1 Å². The Hall–Kier alpha value is -0.590. The van der Waals surface area contributed by atoms with Crippen LogP contribution in [0.4, 0.5) is 0 Å². The van der Waals surface area contributed by atoms with Gasteiger partial charge in [-0.05, 0) is 29.3 Å². The number of rotatable bonds is 5. The van der Waals surface area contributed by atoms with Gasteiger partial charge in [-0.15, -0.1) is 0 Å². The molecule has 7 heteroatoms. The lowest BCUT2D eigenvalue weighted by Gasteiger charge is -2.09. The second kappa shape index (κ2) is 7.11. The van der Waals surface area contributed by atoms with Crippen LogP contribution in [0.1, 0.15) is 11.1 Å². The molecule has 112 valence electrons. The van der Waals surface area contributed by atoms with Crippen LogP contribution in [0.5, 0.6) is 0 Å². The van der Waals surface area contributed by atoms with E-state index in [9.17, 15) is 8.42 Å². The minimum atomic E-state index is -3.71. The van der Waals surface area contributed by atoms with E-state index < -0.39 is 10.0 Å². The summed E-state index contributed by atoms with van der Waals surface area (Å²) in [5, 5.41) is 1.18. The fourth-order valence-corrected chi connectivity index (χ4v) is 3.89. The standard InChI is InChI=1S/C14H12BrCl2NO2S/c15-8-10-2-1-3-11(6-10)9-18-21(19,20)14-7-12(16)4-5-13(14)17/h1-7,18H,8-9H2. The van der Waals surface area contributed by atoms with Crippen LogP contribution in [0.25, 0.3) is 0 Å². The topological polar surface area (TPSA) is 46.2 Å². The van der Waals surface area contributed by atoms with Gasteiger partial charge in [-0.1, -0.05) is 63.4 Å². The smallest absolute Gasteiger partial charge is 0.207 e. The van der Waals surface area contributed by atoms with Gasteiger partial charge in [0.1, 0.15) is 4.90 Å². The number of benzene rings is 2. The molecule has 0 heterocycles. The normalized spacial score (nSPS) is 11.6. The predicted octanol–water partition coefficient (Wildman–Crippen LogP) is 4.37. The molecule has 2 aromatic rings. The Morgan fingerprint density at radius 1 is 1.05 bits per heavy atom. The third-order valence-corrected chi connectivity index (χ3v) is 5.56. The Labute approximate surface area is 142 Å². The molecule has 0 aromatic heterocycles. The molecule has 0 aliphatic carbocycles. The molecule has 1 N–H and O–H groups in total. The zero-order valence-corrected chi connectivity index (χ0v) is 14.7. The highest BCUT2D eigenvalue weighted by molar-refractivity contribution is 9.08. The molecule has 0 aliphatic heterocycles. The monoisotopic (exact) mass is 407 g/mol. The third kappa shape index (κ3) is 4.44. The van der Waals surface area contributed by atoms with E-state index in [0.717, 1.165) is 11.1 Å². The zero-order chi connectivity index (χ0) is 15.5. The van der Waals surface area contributed by atoms with Crippen molar-refractivity contribution in [1.29, 1.82) is 0 Å². The van der Waals surface area contributed by atoms with Crippen molar-refractivity contribution in [2.45, 2.75) is 16.8 Å². The van der Waals surface area contributed by atoms with E-state index >= 15 is 0 Å². The van der Waals surface area contributed by atoms with Crippen LogP contribution in [-0.2, 0) is 21.9 Å². The maximum atomic E-state index is 12.3. The summed E-state index contributed by atoms with van der Waals surface area (Å²) in [4.78, 5) is -0.0201. The van der Waals surface area contributed by atoms with Crippen molar-refractivity contribution < 1.29 is 8.42 Å². The molecule has 0 unspecified atom stereocenters. The highest BCUT2D eigenvalue weighted by Crippen LogP contribution is 2.25. The number of hydrogen-bond donors (Lipinski definition) is 1. The number of nitrogens with one attached hydrogen (secondary N) is 1. The first-order valence-corrected chi connectivity index (χ1v) is 9.37. The Kier molecular flexibility index (Phi) is 5.68. The summed E-state index contributed by atoms with van der Waals surface area (Å²) < 4.78 is 27.1. The Bertz CT molecular complexity index is 750. The molecule has 0 aliphatic rings. The first kappa shape index (κ1) is 16.8. The maximum absolute atomic E-state index is 12.3. The van der Waals surface area contributed by atoms with Crippen molar-refractivity contribution in [3.05, 3.63) is 63.6 Å². The maximum Gasteiger partial charge on any atom is 0.242 e. The minimum Gasteiger partial charge on any atom is -0.207 e. The van der Waals surface area contributed by atoms with Crippen molar-refractivity contribution in [2.75, 3.05) is 0 Å². The molecule has 2 rings (SSSR count). The van der Waals surface area contributed by atoms with Crippen molar-refractivity contribution in [3.8, 4) is 0 Å². The van der Waals surface area contributed by atoms with Crippen LogP contribution in [0, 0.1) is 0 Å². The third-order valence-electron chi connectivity index (χ3n) is 2.79. The van der Waals surface area contributed by atoms with Gasteiger partial charge in [0.2, 0.25) is 10.0 Å². The molecule has 0 saturated heterocycles. The molecule has 3 nitrogen and oxygen atoms in total. The Balaban J connectivity index is 2.19. The molecule has 2 aromatic carbocycles. The van der Waals surface area contributed by atoms with Crippen LogP contribution in [0.15, 0.2) is 47.4 Å². The van der Waals surface area contributed by atoms with Gasteiger partial charge in [0.15, 0.2) is 0 Å². The lowest BCUT2D eigenvalue weighted by molar-refractivity contribution is 0.581. The van der Waals surface area contributed by atoms with Crippen molar-refractivity contribution in [1.82, 2.24) is 4.72 Å². The summed E-state index contributed by atoms with van der Waals surface area (Å²) in [6.45, 7) is 0.187. The summed E-state index contributed by atoms with van der Waals surface area (Å²) in [5.41, 5.74) is 1.95. The van der Waals surface area contributed by atoms with Crippen molar-refractivity contribution >= 4 is 49.2 Å². The molecule has 0 radical (unpaired) electrons. The average Bonchev–Trinajstić information content (AvgIpc) is 2.48. The highest BCUT2D eigenvalue weighted by Gasteiger charge is 2.18. The Morgan fingerprint density at radius 3 is 2.48 bits per heavy atom. The van der Waals surface area contributed by atoms with E-state index in [4.69, 9.17) is 23.2 Å². The van der Waals surface area contributed by atoms with Crippen molar-refractivity contribution in [2.24, 2.45) is 0 Å². The second-order valence-electron chi connectivity index (χ2n) is 4.35. The van der Waals surface area contributed by atoms with E-state index in [2.05, 4.69) is 20.7 Å². The van der Waals surface area contributed by atoms with Crippen molar-refractivity contribution in [3.63, 3.8) is 0 Å². The minimum absolute atomic E-state index is 0.0201. The predicted molar refractivity (Wildman–Crippen MR) is 89.6 cm³/mol. The molecule has 0 saturated carbocycles. The molecule has 0 fully saturated rings. The fraction of sp³-hybridized carbons (Fsp3) is 0.143. The Morgan fingerprint density at radius 2 is 1.76 bits per heavy atom. The first-order valence-electron chi connectivity index (χ1n) is 6.01. The van der Waals surface area contributed by atoms with Gasteiger partial charge in [-0.3, -0.25) is 0 Å². The lowest BCUT2D eigenvalue weighted by Crippen LogP contribution is -2.23.